The van der Waals surface area contributed by atoms with E-state index in [1.807, 2.05) is 38.1 Å². The third-order valence-electron chi connectivity index (χ3n) is 3.24. The standard InChI is InChI=1S/C16H23NO4/c1-12(2)17(10-9-16(19)21-4)15(18)11-13-5-7-14(20-3)8-6-13/h5-8,12H,9-11H2,1-4H3. The van der Waals surface area contributed by atoms with Crippen LogP contribution in [0.25, 0.3) is 0 Å². The third kappa shape index (κ3) is 5.45. The van der Waals surface area contributed by atoms with Crippen molar-refractivity contribution in [1.29, 1.82) is 0 Å². The number of hydrogen-bond donors (Lipinski definition) is 0. The molecule has 0 spiro atoms. The van der Waals surface area contributed by atoms with E-state index in [9.17, 15) is 9.59 Å². The van der Waals surface area contributed by atoms with Crippen LogP contribution in [0.1, 0.15) is 25.8 Å². The summed E-state index contributed by atoms with van der Waals surface area (Å²) in [6.07, 6.45) is 0.520. The van der Waals surface area contributed by atoms with Crippen LogP contribution in [-0.2, 0) is 20.7 Å². The Morgan fingerprint density at radius 1 is 1.14 bits per heavy atom. The molecular formula is C16H23NO4. The van der Waals surface area contributed by atoms with Crippen LogP contribution in [0.15, 0.2) is 24.3 Å². The smallest absolute Gasteiger partial charge is 0.307 e. The van der Waals surface area contributed by atoms with E-state index in [0.29, 0.717) is 13.0 Å². The van der Waals surface area contributed by atoms with Gasteiger partial charge in [0, 0.05) is 12.6 Å². The van der Waals surface area contributed by atoms with E-state index >= 15 is 0 Å². The van der Waals surface area contributed by atoms with Crippen LogP contribution in [0.2, 0.25) is 0 Å². The molecule has 0 aliphatic carbocycles. The summed E-state index contributed by atoms with van der Waals surface area (Å²) in [5, 5.41) is 0. The van der Waals surface area contributed by atoms with Crippen LogP contribution in [-0.4, -0.2) is 43.6 Å². The summed E-state index contributed by atoms with van der Waals surface area (Å²) in [6.45, 7) is 4.24. The summed E-state index contributed by atoms with van der Waals surface area (Å²) in [7, 11) is 2.95. The van der Waals surface area contributed by atoms with Gasteiger partial charge in [0.05, 0.1) is 27.1 Å². The van der Waals surface area contributed by atoms with Gasteiger partial charge in [-0.25, -0.2) is 0 Å². The molecule has 1 aromatic carbocycles. The Bertz CT molecular complexity index is 468. The fraction of sp³-hybridized carbons (Fsp3) is 0.500. The number of esters is 1. The molecule has 0 atom stereocenters. The number of hydrogen-bond acceptors (Lipinski definition) is 4. The van der Waals surface area contributed by atoms with Gasteiger partial charge in [-0.3, -0.25) is 9.59 Å². The third-order valence-corrected chi connectivity index (χ3v) is 3.24. The van der Waals surface area contributed by atoms with Crippen molar-refractivity contribution in [1.82, 2.24) is 4.90 Å². The zero-order valence-corrected chi connectivity index (χ0v) is 13.1. The van der Waals surface area contributed by atoms with Crippen molar-refractivity contribution in [2.45, 2.75) is 32.7 Å². The number of carbonyl (C=O) groups is 2. The first-order chi connectivity index (χ1) is 9.97. The van der Waals surface area contributed by atoms with Crippen molar-refractivity contribution >= 4 is 11.9 Å². The quantitative estimate of drug-likeness (QED) is 0.722. The van der Waals surface area contributed by atoms with Gasteiger partial charge in [0.1, 0.15) is 5.75 Å². The highest BCUT2D eigenvalue weighted by Crippen LogP contribution is 2.13. The number of amides is 1. The van der Waals surface area contributed by atoms with Gasteiger partial charge in [-0.05, 0) is 31.5 Å². The lowest BCUT2D eigenvalue weighted by Crippen LogP contribution is -2.39. The zero-order chi connectivity index (χ0) is 15.8. The highest BCUT2D eigenvalue weighted by Gasteiger charge is 2.18. The minimum atomic E-state index is -0.308. The van der Waals surface area contributed by atoms with E-state index < -0.39 is 0 Å². The molecule has 5 heteroatoms. The van der Waals surface area contributed by atoms with Gasteiger partial charge in [-0.15, -0.1) is 0 Å². The summed E-state index contributed by atoms with van der Waals surface area (Å²) < 4.78 is 9.70. The maximum absolute atomic E-state index is 12.4. The Kier molecular flexibility index (Phi) is 6.72. The van der Waals surface area contributed by atoms with Crippen LogP contribution in [0.5, 0.6) is 5.75 Å². The Hall–Kier alpha value is -2.04. The molecule has 1 aromatic rings. The van der Waals surface area contributed by atoms with Crippen LogP contribution in [0.3, 0.4) is 0 Å². The number of rotatable bonds is 7. The monoisotopic (exact) mass is 293 g/mol. The minimum absolute atomic E-state index is 0.000861. The lowest BCUT2D eigenvalue weighted by Gasteiger charge is -2.26. The van der Waals surface area contributed by atoms with Crippen LogP contribution in [0.4, 0.5) is 0 Å². The number of benzene rings is 1. The molecule has 1 rings (SSSR count). The van der Waals surface area contributed by atoms with Crippen molar-refractivity contribution in [2.24, 2.45) is 0 Å². The van der Waals surface area contributed by atoms with Crippen LogP contribution < -0.4 is 4.74 Å². The Morgan fingerprint density at radius 3 is 2.24 bits per heavy atom. The summed E-state index contributed by atoms with van der Waals surface area (Å²) in [4.78, 5) is 25.3. The molecule has 5 nitrogen and oxygen atoms in total. The van der Waals surface area contributed by atoms with E-state index in [0.717, 1.165) is 11.3 Å². The fourth-order valence-electron chi connectivity index (χ4n) is 2.00. The van der Waals surface area contributed by atoms with Gasteiger partial charge >= 0.3 is 5.97 Å². The average molecular weight is 293 g/mol. The Balaban J connectivity index is 2.65. The molecule has 1 amide bonds. The van der Waals surface area contributed by atoms with Crippen LogP contribution >= 0.6 is 0 Å². The largest absolute Gasteiger partial charge is 0.497 e. The SMILES string of the molecule is COC(=O)CCN(C(=O)Cc1ccc(OC)cc1)C(C)C. The highest BCUT2D eigenvalue weighted by molar-refractivity contribution is 5.79. The normalized spacial score (nSPS) is 10.3. The van der Waals surface area contributed by atoms with Crippen LogP contribution in [0, 0.1) is 0 Å². The second kappa shape index (κ2) is 8.29. The predicted molar refractivity (Wildman–Crippen MR) is 80.2 cm³/mol. The minimum Gasteiger partial charge on any atom is -0.497 e. The molecule has 0 saturated heterocycles. The molecule has 0 unspecified atom stereocenters. The first-order valence-corrected chi connectivity index (χ1v) is 6.97. The van der Waals surface area contributed by atoms with Crippen molar-refractivity contribution in [3.63, 3.8) is 0 Å². The maximum Gasteiger partial charge on any atom is 0.307 e. The van der Waals surface area contributed by atoms with Crippen molar-refractivity contribution < 1.29 is 19.1 Å². The molecule has 0 aliphatic heterocycles. The molecule has 0 bridgehead atoms. The van der Waals surface area contributed by atoms with Crippen molar-refractivity contribution in [3.05, 3.63) is 29.8 Å². The van der Waals surface area contributed by atoms with Gasteiger partial charge in [-0.2, -0.15) is 0 Å². The van der Waals surface area contributed by atoms with Crippen molar-refractivity contribution in [3.8, 4) is 5.75 Å². The molecule has 0 aromatic heterocycles. The number of ether oxygens (including phenoxy) is 2. The van der Waals surface area contributed by atoms with Crippen molar-refractivity contribution in [2.75, 3.05) is 20.8 Å². The molecule has 116 valence electrons. The van der Waals surface area contributed by atoms with Gasteiger partial charge in [0.25, 0.3) is 0 Å². The van der Waals surface area contributed by atoms with Gasteiger partial charge in [0.15, 0.2) is 0 Å². The number of nitrogens with zero attached hydrogens (tertiary/aromatic N) is 1. The maximum atomic E-state index is 12.4. The average Bonchev–Trinajstić information content (AvgIpc) is 2.47. The second-order valence-electron chi connectivity index (χ2n) is 5.03. The first kappa shape index (κ1) is 17.0. The van der Waals surface area contributed by atoms with Gasteiger partial charge in [0.2, 0.25) is 5.91 Å². The molecule has 0 aliphatic rings. The predicted octanol–water partition coefficient (Wildman–Crippen LogP) is 2.04. The summed E-state index contributed by atoms with van der Waals surface area (Å²) in [5.74, 6) is 0.453. The zero-order valence-electron chi connectivity index (χ0n) is 13.1. The molecule has 21 heavy (non-hydrogen) atoms. The summed E-state index contributed by atoms with van der Waals surface area (Å²) >= 11 is 0. The molecular weight excluding hydrogens is 270 g/mol. The molecule has 0 N–H and O–H groups in total. The van der Waals surface area contributed by atoms with E-state index in [-0.39, 0.29) is 24.3 Å². The Morgan fingerprint density at radius 2 is 1.76 bits per heavy atom. The van der Waals surface area contributed by atoms with Gasteiger partial charge in [-0.1, -0.05) is 12.1 Å². The van der Waals surface area contributed by atoms with Gasteiger partial charge < -0.3 is 14.4 Å². The van der Waals surface area contributed by atoms with E-state index in [4.69, 9.17) is 4.74 Å². The van der Waals surface area contributed by atoms with E-state index in [2.05, 4.69) is 4.74 Å². The van der Waals surface area contributed by atoms with E-state index in [1.165, 1.54) is 7.11 Å². The summed E-state index contributed by atoms with van der Waals surface area (Å²) in [6, 6.07) is 7.44. The lowest BCUT2D eigenvalue weighted by molar-refractivity contribution is -0.142. The highest BCUT2D eigenvalue weighted by atomic mass is 16.5. The fourth-order valence-corrected chi connectivity index (χ4v) is 2.00. The number of carbonyl (C=O) groups excluding carboxylic acids is 2. The molecule has 0 saturated carbocycles. The van der Waals surface area contributed by atoms with E-state index in [1.54, 1.807) is 12.0 Å². The topological polar surface area (TPSA) is 55.8 Å². The first-order valence-electron chi connectivity index (χ1n) is 6.97. The number of methoxy groups -OCH3 is 2. The molecule has 0 heterocycles. The second-order valence-corrected chi connectivity index (χ2v) is 5.03. The molecule has 0 fully saturated rings. The molecule has 0 radical (unpaired) electrons. The lowest BCUT2D eigenvalue weighted by atomic mass is 10.1. The summed E-state index contributed by atoms with van der Waals surface area (Å²) in [5.41, 5.74) is 0.921. The Labute approximate surface area is 125 Å².